The van der Waals surface area contributed by atoms with Crippen LogP contribution in [0.3, 0.4) is 0 Å². The molecule has 1 N–H and O–H groups in total. The lowest BCUT2D eigenvalue weighted by Gasteiger charge is -2.09. The van der Waals surface area contributed by atoms with E-state index in [-0.39, 0.29) is 11.8 Å². The van der Waals surface area contributed by atoms with E-state index < -0.39 is 0 Å². The molecule has 1 aromatic heterocycles. The fraction of sp³-hybridized carbons (Fsp3) is 0.625. The van der Waals surface area contributed by atoms with Crippen LogP contribution in [0.25, 0.3) is 0 Å². The Morgan fingerprint density at radius 3 is 2.55 bits per heavy atom. The molecule has 0 saturated carbocycles. The molecule has 3 nitrogen and oxygen atoms in total. The van der Waals surface area contributed by atoms with Gasteiger partial charge in [-0.15, -0.1) is 0 Å². The van der Waals surface area contributed by atoms with E-state index in [0.29, 0.717) is 17.3 Å². The molecule has 0 aromatic carbocycles. The van der Waals surface area contributed by atoms with Crippen molar-refractivity contribution < 1.29 is 4.79 Å². The number of aromatic nitrogens is 1. The van der Waals surface area contributed by atoms with Gasteiger partial charge in [0.2, 0.25) is 0 Å². The van der Waals surface area contributed by atoms with E-state index in [9.17, 15) is 4.79 Å². The van der Waals surface area contributed by atoms with E-state index in [2.05, 4.69) is 24.1 Å². The van der Waals surface area contributed by atoms with Gasteiger partial charge in [-0.25, -0.2) is 4.98 Å². The number of nitrogens with zero attached hydrogens (tertiary/aromatic N) is 1. The number of nitrogens with one attached hydrogen (secondary N) is 1. The lowest BCUT2D eigenvalue weighted by atomic mass is 10.1. The molecule has 0 saturated heterocycles. The maximum Gasteiger partial charge on any atom is 0.251 e. The third kappa shape index (κ3) is 5.91. The highest BCUT2D eigenvalue weighted by molar-refractivity contribution is 6.29. The van der Waals surface area contributed by atoms with E-state index in [4.69, 9.17) is 11.6 Å². The van der Waals surface area contributed by atoms with Crippen LogP contribution in [-0.4, -0.2) is 17.4 Å². The molecule has 0 radical (unpaired) electrons. The van der Waals surface area contributed by atoms with Gasteiger partial charge < -0.3 is 5.32 Å². The molecule has 1 aromatic rings. The van der Waals surface area contributed by atoms with Gasteiger partial charge in [0, 0.05) is 17.8 Å². The molecule has 1 rings (SSSR count). The van der Waals surface area contributed by atoms with Crippen LogP contribution in [0.5, 0.6) is 0 Å². The summed E-state index contributed by atoms with van der Waals surface area (Å²) in [6, 6.07) is 3.44. The van der Waals surface area contributed by atoms with Crippen LogP contribution >= 0.6 is 11.6 Å². The molecular weight excluding hydrogens is 272 g/mol. The van der Waals surface area contributed by atoms with Crippen LogP contribution in [-0.2, 0) is 0 Å². The number of unbranched alkanes of at least 4 members (excludes halogenated alkanes) is 1. The summed E-state index contributed by atoms with van der Waals surface area (Å²) < 4.78 is 0. The molecule has 1 amide bonds. The summed E-state index contributed by atoms with van der Waals surface area (Å²) in [7, 11) is 0. The fourth-order valence-corrected chi connectivity index (χ4v) is 2.14. The number of carbonyl (C=O) groups excluding carboxylic acids is 1. The van der Waals surface area contributed by atoms with Crippen molar-refractivity contribution >= 4 is 17.5 Å². The first-order valence-corrected chi connectivity index (χ1v) is 7.73. The number of hydrogen-bond donors (Lipinski definition) is 1. The van der Waals surface area contributed by atoms with Crippen molar-refractivity contribution in [2.24, 2.45) is 5.92 Å². The zero-order chi connectivity index (χ0) is 15.1. The van der Waals surface area contributed by atoms with E-state index >= 15 is 0 Å². The van der Waals surface area contributed by atoms with Crippen molar-refractivity contribution in [1.82, 2.24) is 10.3 Å². The van der Waals surface area contributed by atoms with Gasteiger partial charge in [0.05, 0.1) is 0 Å². The summed E-state index contributed by atoms with van der Waals surface area (Å²) in [6.45, 7) is 9.21. The first kappa shape index (κ1) is 17.0. The third-order valence-electron chi connectivity index (χ3n) is 3.16. The number of rotatable bonds is 7. The molecule has 0 atom stereocenters. The van der Waals surface area contributed by atoms with Gasteiger partial charge in [-0.2, -0.15) is 0 Å². The summed E-state index contributed by atoms with van der Waals surface area (Å²) >= 11 is 5.97. The topological polar surface area (TPSA) is 42.0 Å². The average Bonchev–Trinajstić information content (AvgIpc) is 2.36. The van der Waals surface area contributed by atoms with E-state index in [1.807, 2.05) is 19.9 Å². The van der Waals surface area contributed by atoms with Crippen molar-refractivity contribution in [3.8, 4) is 0 Å². The summed E-state index contributed by atoms with van der Waals surface area (Å²) in [5, 5.41) is 3.32. The number of amides is 1. The van der Waals surface area contributed by atoms with E-state index in [1.165, 1.54) is 6.42 Å². The highest BCUT2D eigenvalue weighted by atomic mass is 35.5. The fourth-order valence-electron chi connectivity index (χ4n) is 1.93. The Kier molecular flexibility index (Phi) is 7.00. The smallest absolute Gasteiger partial charge is 0.251 e. The van der Waals surface area contributed by atoms with E-state index in [0.717, 1.165) is 24.5 Å². The Labute approximate surface area is 127 Å². The van der Waals surface area contributed by atoms with Gasteiger partial charge in [0.15, 0.2) is 0 Å². The average molecular weight is 297 g/mol. The van der Waals surface area contributed by atoms with Crippen molar-refractivity contribution in [2.75, 3.05) is 6.54 Å². The molecule has 0 fully saturated rings. The van der Waals surface area contributed by atoms with Crippen LogP contribution in [0.1, 0.15) is 68.9 Å². The van der Waals surface area contributed by atoms with Gasteiger partial charge in [-0.1, -0.05) is 52.1 Å². The van der Waals surface area contributed by atoms with Crippen LogP contribution < -0.4 is 5.32 Å². The summed E-state index contributed by atoms with van der Waals surface area (Å²) in [5.41, 5.74) is 1.44. The first-order chi connectivity index (χ1) is 9.40. The molecule has 0 spiro atoms. The predicted octanol–water partition coefficient (Wildman–Crippen LogP) is 4.41. The molecular formula is C16H25ClN2O. The minimum Gasteiger partial charge on any atom is -0.352 e. The van der Waals surface area contributed by atoms with Gasteiger partial charge >= 0.3 is 0 Å². The zero-order valence-corrected chi connectivity index (χ0v) is 13.6. The zero-order valence-electron chi connectivity index (χ0n) is 12.9. The molecule has 0 bridgehead atoms. The largest absolute Gasteiger partial charge is 0.352 e. The molecule has 112 valence electrons. The second kappa shape index (κ2) is 8.25. The maximum atomic E-state index is 12.1. The van der Waals surface area contributed by atoms with Gasteiger partial charge in [0.1, 0.15) is 5.15 Å². The molecule has 1 heterocycles. The van der Waals surface area contributed by atoms with Crippen molar-refractivity contribution in [3.63, 3.8) is 0 Å². The van der Waals surface area contributed by atoms with Gasteiger partial charge in [-0.3, -0.25) is 4.79 Å². The predicted molar refractivity (Wildman–Crippen MR) is 84.4 cm³/mol. The SMILES string of the molecule is CC(C)CCCCNC(=O)c1cc(Cl)nc(C(C)C)c1. The Morgan fingerprint density at radius 2 is 1.95 bits per heavy atom. The Hall–Kier alpha value is -1.09. The van der Waals surface area contributed by atoms with Crippen molar-refractivity contribution in [3.05, 3.63) is 28.5 Å². The minimum atomic E-state index is -0.0688. The highest BCUT2D eigenvalue weighted by Gasteiger charge is 2.10. The van der Waals surface area contributed by atoms with Gasteiger partial charge in [0.25, 0.3) is 5.91 Å². The standard InChI is InChI=1S/C16H25ClN2O/c1-11(2)7-5-6-8-18-16(20)13-9-14(12(3)4)19-15(17)10-13/h9-12H,5-8H2,1-4H3,(H,18,20). The Balaban J connectivity index is 2.51. The lowest BCUT2D eigenvalue weighted by Crippen LogP contribution is -2.24. The van der Waals surface area contributed by atoms with E-state index in [1.54, 1.807) is 6.07 Å². The second-order valence-electron chi connectivity index (χ2n) is 5.90. The molecule has 20 heavy (non-hydrogen) atoms. The van der Waals surface area contributed by atoms with Gasteiger partial charge in [-0.05, 0) is 30.4 Å². The summed E-state index contributed by atoms with van der Waals surface area (Å²) in [5.74, 6) is 0.908. The number of hydrogen-bond acceptors (Lipinski definition) is 2. The summed E-state index contributed by atoms with van der Waals surface area (Å²) in [6.07, 6.45) is 3.36. The van der Waals surface area contributed by atoms with Crippen LogP contribution in [0, 0.1) is 5.92 Å². The third-order valence-corrected chi connectivity index (χ3v) is 3.36. The normalized spacial score (nSPS) is 11.2. The molecule has 0 aliphatic heterocycles. The summed E-state index contributed by atoms with van der Waals surface area (Å²) in [4.78, 5) is 16.3. The lowest BCUT2D eigenvalue weighted by molar-refractivity contribution is 0.0952. The van der Waals surface area contributed by atoms with Crippen LogP contribution in [0.15, 0.2) is 12.1 Å². The maximum absolute atomic E-state index is 12.1. The number of carbonyl (C=O) groups is 1. The van der Waals surface area contributed by atoms with Crippen LogP contribution in [0.2, 0.25) is 5.15 Å². The van der Waals surface area contributed by atoms with Crippen LogP contribution in [0.4, 0.5) is 0 Å². The molecule has 4 heteroatoms. The van der Waals surface area contributed by atoms with Crippen molar-refractivity contribution in [2.45, 2.75) is 52.9 Å². The Bertz CT molecular complexity index is 444. The number of pyridine rings is 1. The molecule has 0 aliphatic rings. The number of halogens is 1. The Morgan fingerprint density at radius 1 is 1.25 bits per heavy atom. The molecule has 0 aliphatic carbocycles. The monoisotopic (exact) mass is 296 g/mol. The quantitative estimate of drug-likeness (QED) is 0.598. The minimum absolute atomic E-state index is 0.0688. The second-order valence-corrected chi connectivity index (χ2v) is 6.29. The highest BCUT2D eigenvalue weighted by Crippen LogP contribution is 2.17. The first-order valence-electron chi connectivity index (χ1n) is 7.35. The molecule has 0 unspecified atom stereocenters. The van der Waals surface area contributed by atoms with Crippen molar-refractivity contribution in [1.29, 1.82) is 0 Å².